The van der Waals surface area contributed by atoms with Gasteiger partial charge in [-0.3, -0.25) is 4.79 Å². The fourth-order valence-electron chi connectivity index (χ4n) is 1.20. The molecule has 0 aliphatic heterocycles. The van der Waals surface area contributed by atoms with Crippen LogP contribution in [0.4, 0.5) is 4.39 Å². The van der Waals surface area contributed by atoms with Crippen LogP contribution in [0.25, 0.3) is 0 Å². The van der Waals surface area contributed by atoms with Gasteiger partial charge in [0.1, 0.15) is 11.8 Å². The molecule has 1 aromatic carbocycles. The van der Waals surface area contributed by atoms with E-state index in [-0.39, 0.29) is 6.42 Å². The summed E-state index contributed by atoms with van der Waals surface area (Å²) in [4.78, 5) is 10.5. The Hall–Kier alpha value is -1.62. The summed E-state index contributed by atoms with van der Waals surface area (Å²) in [6.07, 6.45) is 0.117. The van der Waals surface area contributed by atoms with Gasteiger partial charge in [0.2, 0.25) is 6.86 Å². The normalized spacial score (nSPS) is 12.1. The fraction of sp³-hybridized carbons (Fsp3) is 0.300. The number of carboxylic acid groups (broad SMARTS) is 1. The highest BCUT2D eigenvalue weighted by atomic mass is 18.2. The van der Waals surface area contributed by atoms with Gasteiger partial charge in [-0.05, 0) is 11.6 Å². The number of carboxylic acids is 1. The van der Waals surface area contributed by atoms with Crippen molar-refractivity contribution in [1.82, 2.24) is 0 Å². The Morgan fingerprint density at radius 2 is 2.20 bits per heavy atom. The first kappa shape index (κ1) is 11.5. The number of hydrogen-bond donors (Lipinski definition) is 2. The minimum atomic E-state index is -1.09. The molecule has 15 heavy (non-hydrogen) atoms. The van der Waals surface area contributed by atoms with Crippen molar-refractivity contribution < 1.29 is 19.0 Å². The molecule has 0 saturated heterocycles. The van der Waals surface area contributed by atoms with Gasteiger partial charge in [-0.15, -0.1) is 0 Å². The Labute approximate surface area is 86.5 Å². The van der Waals surface area contributed by atoms with Crippen molar-refractivity contribution in [3.8, 4) is 5.75 Å². The molecule has 1 aromatic rings. The third-order valence-corrected chi connectivity index (χ3v) is 1.94. The second kappa shape index (κ2) is 5.31. The number of para-hydroxylation sites is 1. The van der Waals surface area contributed by atoms with E-state index in [1.165, 1.54) is 0 Å². The molecule has 82 valence electrons. The second-order valence-corrected chi connectivity index (χ2v) is 3.01. The van der Waals surface area contributed by atoms with Gasteiger partial charge in [-0.2, -0.15) is 0 Å². The summed E-state index contributed by atoms with van der Waals surface area (Å²) in [6, 6.07) is 5.63. The summed E-state index contributed by atoms with van der Waals surface area (Å²) >= 11 is 0. The lowest BCUT2D eigenvalue weighted by Crippen LogP contribution is -2.32. The maximum Gasteiger partial charge on any atom is 0.320 e. The van der Waals surface area contributed by atoms with Crippen LogP contribution in [0.3, 0.4) is 0 Å². The average Bonchev–Trinajstić information content (AvgIpc) is 2.21. The molecule has 0 aliphatic carbocycles. The number of rotatable bonds is 5. The molecule has 1 atom stereocenters. The molecule has 0 saturated carbocycles. The van der Waals surface area contributed by atoms with Crippen LogP contribution in [0.2, 0.25) is 0 Å². The number of nitrogens with two attached hydrogens (primary N) is 1. The highest BCUT2D eigenvalue weighted by Gasteiger charge is 2.14. The molecule has 3 N–H and O–H groups in total. The van der Waals surface area contributed by atoms with Gasteiger partial charge < -0.3 is 15.6 Å². The monoisotopic (exact) mass is 212 g/mol. The first-order valence-electron chi connectivity index (χ1n) is 4.40. The zero-order valence-electron chi connectivity index (χ0n) is 8.02. The topological polar surface area (TPSA) is 72.5 Å². The average molecular weight is 212 g/mol. The summed E-state index contributed by atoms with van der Waals surface area (Å²) < 4.78 is 16.7. The first-order valence-corrected chi connectivity index (χ1v) is 4.40. The molecule has 0 radical (unpaired) electrons. The number of alkyl halides is 1. The van der Waals surface area contributed by atoms with Crippen molar-refractivity contribution in [2.24, 2.45) is 5.73 Å². The van der Waals surface area contributed by atoms with Gasteiger partial charge in [-0.25, -0.2) is 4.39 Å². The quantitative estimate of drug-likeness (QED) is 0.762. The molecule has 1 rings (SSSR count). The number of ether oxygens (including phenoxy) is 1. The minimum Gasteiger partial charge on any atom is -0.480 e. The van der Waals surface area contributed by atoms with E-state index in [1.54, 1.807) is 24.3 Å². The van der Waals surface area contributed by atoms with E-state index in [4.69, 9.17) is 15.6 Å². The van der Waals surface area contributed by atoms with Crippen LogP contribution in [-0.4, -0.2) is 24.0 Å². The number of aliphatic carboxylic acids is 1. The van der Waals surface area contributed by atoms with Crippen LogP contribution >= 0.6 is 0 Å². The van der Waals surface area contributed by atoms with E-state index in [0.717, 1.165) is 0 Å². The van der Waals surface area contributed by atoms with E-state index in [2.05, 4.69) is 0 Å². The molecule has 4 nitrogen and oxygen atoms in total. The minimum absolute atomic E-state index is 0.117. The number of hydrogen-bond acceptors (Lipinski definition) is 3. The van der Waals surface area contributed by atoms with Crippen molar-refractivity contribution in [3.63, 3.8) is 0 Å². The van der Waals surface area contributed by atoms with E-state index in [1.807, 2.05) is 0 Å². The van der Waals surface area contributed by atoms with Crippen molar-refractivity contribution in [2.75, 3.05) is 6.86 Å². The van der Waals surface area contributed by atoms with Crippen LogP contribution in [0.15, 0.2) is 24.3 Å². The molecular weight excluding hydrogens is 200 g/mol. The molecule has 0 unspecified atom stereocenters. The summed E-state index contributed by atoms with van der Waals surface area (Å²) in [5.74, 6) is -0.762. The molecule has 0 fully saturated rings. The SMILES string of the molecule is N[C@@H](Cc1ccccc1OC[18F])C(=O)O. The van der Waals surface area contributed by atoms with Crippen molar-refractivity contribution in [2.45, 2.75) is 12.5 Å². The Morgan fingerprint density at radius 1 is 1.53 bits per heavy atom. The Kier molecular flexibility index (Phi) is 4.05. The zero-order valence-corrected chi connectivity index (χ0v) is 8.02. The zero-order chi connectivity index (χ0) is 11.3. The van der Waals surface area contributed by atoms with Crippen LogP contribution in [0, 0.1) is 0 Å². The predicted molar refractivity (Wildman–Crippen MR) is 52.4 cm³/mol. The lowest BCUT2D eigenvalue weighted by Gasteiger charge is -2.10. The molecule has 0 spiro atoms. The van der Waals surface area contributed by atoms with E-state index >= 15 is 0 Å². The van der Waals surface area contributed by atoms with Gasteiger partial charge in [0.25, 0.3) is 0 Å². The van der Waals surface area contributed by atoms with Gasteiger partial charge in [0.15, 0.2) is 0 Å². The molecule has 0 aromatic heterocycles. The third-order valence-electron chi connectivity index (χ3n) is 1.94. The first-order chi connectivity index (χ1) is 7.15. The fourth-order valence-corrected chi connectivity index (χ4v) is 1.20. The van der Waals surface area contributed by atoms with Crippen molar-refractivity contribution in [1.29, 1.82) is 0 Å². The van der Waals surface area contributed by atoms with E-state index in [0.29, 0.717) is 11.3 Å². The van der Waals surface area contributed by atoms with Crippen LogP contribution in [0.5, 0.6) is 5.75 Å². The maximum absolute atomic E-state index is 12.0. The molecule has 5 heteroatoms. The number of benzene rings is 1. The van der Waals surface area contributed by atoms with Gasteiger partial charge in [-0.1, -0.05) is 18.2 Å². The Morgan fingerprint density at radius 3 is 2.80 bits per heavy atom. The largest absolute Gasteiger partial charge is 0.480 e. The van der Waals surface area contributed by atoms with Gasteiger partial charge in [0.05, 0.1) is 0 Å². The maximum atomic E-state index is 12.0. The molecule has 0 aliphatic rings. The van der Waals surface area contributed by atoms with E-state index < -0.39 is 18.9 Å². The van der Waals surface area contributed by atoms with Crippen LogP contribution < -0.4 is 10.5 Å². The lowest BCUT2D eigenvalue weighted by molar-refractivity contribution is -0.138. The second-order valence-electron chi connectivity index (χ2n) is 3.01. The highest BCUT2D eigenvalue weighted by molar-refractivity contribution is 5.73. The molecular formula is C10H12FNO3. The Balaban J connectivity index is 2.79. The van der Waals surface area contributed by atoms with Gasteiger partial charge in [0, 0.05) is 6.42 Å². The standard InChI is InChI=1S/C10H12FNO3/c11-6-15-9-4-2-1-3-7(9)5-8(12)10(13)14/h1-4,8H,5-6,12H2,(H,13,14)/t8-/m0/s1/i11-1. The smallest absolute Gasteiger partial charge is 0.320 e. The molecule has 0 heterocycles. The van der Waals surface area contributed by atoms with Gasteiger partial charge >= 0.3 is 5.97 Å². The van der Waals surface area contributed by atoms with Crippen molar-refractivity contribution in [3.05, 3.63) is 29.8 Å². The number of carbonyl (C=O) groups is 1. The summed E-state index contributed by atoms with van der Waals surface area (Å²) in [6.45, 7) is -0.945. The highest BCUT2D eigenvalue weighted by Crippen LogP contribution is 2.19. The number of halogens is 1. The van der Waals surface area contributed by atoms with Crippen LogP contribution in [-0.2, 0) is 11.2 Å². The lowest BCUT2D eigenvalue weighted by atomic mass is 10.1. The molecule has 0 amide bonds. The van der Waals surface area contributed by atoms with E-state index in [9.17, 15) is 9.18 Å². The summed E-state index contributed by atoms with van der Waals surface area (Å²) in [7, 11) is 0. The van der Waals surface area contributed by atoms with Crippen LogP contribution in [0.1, 0.15) is 5.56 Å². The third kappa shape index (κ3) is 3.21. The van der Waals surface area contributed by atoms with Crippen molar-refractivity contribution >= 4 is 5.97 Å². The molecule has 0 bridgehead atoms. The Bertz CT molecular complexity index is 343. The summed E-state index contributed by atoms with van der Waals surface area (Å²) in [5.41, 5.74) is 5.95. The predicted octanol–water partition coefficient (Wildman–Crippen LogP) is 0.947. The summed E-state index contributed by atoms with van der Waals surface area (Å²) in [5, 5.41) is 8.62.